The number of hydrogen-bond acceptors (Lipinski definition) is 31. The van der Waals surface area contributed by atoms with Crippen LogP contribution in [0, 0.1) is 56.7 Å². The van der Waals surface area contributed by atoms with Crippen molar-refractivity contribution < 1.29 is 158 Å². The quantitative estimate of drug-likeness (QED) is 0.0298. The Morgan fingerprint density at radius 3 is 1.74 bits per heavy atom. The van der Waals surface area contributed by atoms with E-state index in [9.17, 15) is 96.4 Å². The lowest BCUT2D eigenvalue weighted by Gasteiger charge is -2.70. The van der Waals surface area contributed by atoms with Gasteiger partial charge in [-0.15, -0.1) is 0 Å². The number of hydrogen-bond donors (Lipinski definition) is 17. The number of aliphatic carboxylic acids is 1. The fourth-order valence-electron chi connectivity index (χ4n) is 18.9. The zero-order valence-corrected chi connectivity index (χ0v) is 54.7. The van der Waals surface area contributed by atoms with Gasteiger partial charge in [0.2, 0.25) is 6.29 Å². The summed E-state index contributed by atoms with van der Waals surface area (Å²) in [5, 5.41) is 183. The fourth-order valence-corrected chi connectivity index (χ4v) is 18.9. The smallest absolute Gasteiger partial charge is 0.335 e. The lowest BCUT2D eigenvalue weighted by molar-refractivity contribution is -0.381. The number of aliphatic hydroxyl groups is 16. The molecule has 10 fully saturated rings. The van der Waals surface area contributed by atoms with Crippen molar-refractivity contribution in [2.45, 2.75) is 284 Å². The molecule has 0 radical (unpaired) electrons. The Morgan fingerprint density at radius 2 is 1.14 bits per heavy atom. The summed E-state index contributed by atoms with van der Waals surface area (Å²) in [5.74, 6) is -3.83. The third-order valence-corrected chi connectivity index (χ3v) is 24.5. The molecule has 32 nitrogen and oxygen atoms in total. The highest BCUT2D eigenvalue weighted by atomic mass is 16.8. The molecule has 0 aromatic rings. The summed E-state index contributed by atoms with van der Waals surface area (Å²) in [7, 11) is 0. The molecule has 0 bridgehead atoms. The number of allylic oxidation sites excluding steroid dienone is 2. The SMILES string of the molecule is C[C@@H]1O[C@@H](O[C@@H]2[C@@H](OC(=O)[C@@H]3CC(C)(C)C[C@H]4C5=CC[C@@H]6[C@@]7(C)CC[C@H](O[C@@H]8O[C@H](C(=O)O)[C@@H](O)[C@H](O)[C@H]8O[C@@H]8O[C@H](CO)[C@H](O)[C@H](O)[C@H]8O)[C@@](C)(C=O)[C@@H]7CC[C@@]6(C)[C@]5(C)CC[C@H]34)OC[C@@H](O[C@@H]3OC[C@@H](O)[C@H](O)[C@H]3O)[C@H]2O)[C@H](O)[C@H](O[C@@H]2O[C@H](CO)[C@@H](O)[C@H](O)[C@H]2O)[C@H]1O. The average molecular weight is 1380 g/mol. The van der Waals surface area contributed by atoms with E-state index in [-0.39, 0.29) is 35.5 Å². The van der Waals surface area contributed by atoms with Gasteiger partial charge in [-0.25, -0.2) is 4.79 Å². The summed E-state index contributed by atoms with van der Waals surface area (Å²) in [4.78, 5) is 41.6. The highest BCUT2D eigenvalue weighted by molar-refractivity contribution is 5.74. The third-order valence-electron chi connectivity index (χ3n) is 24.5. The zero-order chi connectivity index (χ0) is 70.0. The van der Waals surface area contributed by atoms with E-state index in [2.05, 4.69) is 40.7 Å². The van der Waals surface area contributed by atoms with Crippen molar-refractivity contribution in [1.29, 1.82) is 0 Å². The normalized spacial score (nSPS) is 54.3. The van der Waals surface area contributed by atoms with Crippen molar-refractivity contribution in [1.82, 2.24) is 0 Å². The second-order valence-electron chi connectivity index (χ2n) is 30.6. The maximum absolute atomic E-state index is 15.3. The van der Waals surface area contributed by atoms with Crippen LogP contribution in [-0.4, -0.2) is 310 Å². The average Bonchev–Trinajstić information content (AvgIpc) is 0.679. The molecule has 0 aromatic carbocycles. The van der Waals surface area contributed by atoms with Gasteiger partial charge in [0.25, 0.3) is 0 Å². The molecule has 548 valence electrons. The monoisotopic (exact) mass is 1380 g/mol. The van der Waals surface area contributed by atoms with Crippen LogP contribution in [0.5, 0.6) is 0 Å². The predicted molar refractivity (Wildman–Crippen MR) is 316 cm³/mol. The minimum Gasteiger partial charge on any atom is -0.479 e. The van der Waals surface area contributed by atoms with E-state index in [0.29, 0.717) is 51.4 Å². The Balaban J connectivity index is 0.824. The zero-order valence-electron chi connectivity index (χ0n) is 54.7. The molecule has 5 aliphatic carbocycles. The van der Waals surface area contributed by atoms with E-state index in [0.717, 1.165) is 6.29 Å². The number of carboxylic acid groups (broad SMARTS) is 1. The molecule has 96 heavy (non-hydrogen) atoms. The molecule has 38 atom stereocenters. The number of fused-ring (bicyclic) bond motifs is 7. The molecule has 0 amide bonds. The summed E-state index contributed by atoms with van der Waals surface area (Å²) in [6, 6.07) is 0. The van der Waals surface area contributed by atoms with Gasteiger partial charge in [0, 0.05) is 0 Å². The van der Waals surface area contributed by atoms with Gasteiger partial charge in [-0.2, -0.15) is 0 Å². The number of carboxylic acids is 1. The van der Waals surface area contributed by atoms with Crippen LogP contribution in [0.4, 0.5) is 0 Å². The minimum atomic E-state index is -2.09. The lowest BCUT2D eigenvalue weighted by atomic mass is 9.34. The Kier molecular flexibility index (Phi) is 21.8. The molecule has 0 aromatic heterocycles. The molecular weight excluding hydrogens is 1280 g/mol. The first-order valence-corrected chi connectivity index (χ1v) is 33.6. The van der Waals surface area contributed by atoms with Gasteiger partial charge >= 0.3 is 11.9 Å². The fraction of sp³-hybridized carbons (Fsp3) is 0.922. The third kappa shape index (κ3) is 12.9. The van der Waals surface area contributed by atoms with Crippen LogP contribution in [-0.2, 0) is 71.2 Å². The number of carbonyl (C=O) groups is 3. The van der Waals surface area contributed by atoms with Crippen molar-refractivity contribution >= 4 is 18.2 Å². The summed E-state index contributed by atoms with van der Waals surface area (Å²) in [5.41, 5.74) is -1.85. The first kappa shape index (κ1) is 74.5. The highest BCUT2D eigenvalue weighted by Gasteiger charge is 2.70. The second-order valence-corrected chi connectivity index (χ2v) is 30.6. The molecule has 0 spiro atoms. The second kappa shape index (κ2) is 28.1. The van der Waals surface area contributed by atoms with Gasteiger partial charge in [0.1, 0.15) is 122 Å². The molecular formula is C64H100O32. The van der Waals surface area contributed by atoms with Crippen molar-refractivity contribution in [3.63, 3.8) is 0 Å². The maximum Gasteiger partial charge on any atom is 0.335 e. The molecule has 11 aliphatic rings. The first-order chi connectivity index (χ1) is 45.1. The van der Waals surface area contributed by atoms with Crippen molar-refractivity contribution in [3.8, 4) is 0 Å². The van der Waals surface area contributed by atoms with Crippen molar-refractivity contribution in [2.75, 3.05) is 26.4 Å². The van der Waals surface area contributed by atoms with Crippen LogP contribution in [0.1, 0.15) is 106 Å². The van der Waals surface area contributed by atoms with Crippen LogP contribution in [0.2, 0.25) is 0 Å². The van der Waals surface area contributed by atoms with Gasteiger partial charge in [-0.1, -0.05) is 53.2 Å². The van der Waals surface area contributed by atoms with Gasteiger partial charge in [-0.3, -0.25) is 4.79 Å². The molecule has 32 heteroatoms. The lowest BCUT2D eigenvalue weighted by Crippen LogP contribution is -2.67. The molecule has 6 aliphatic heterocycles. The van der Waals surface area contributed by atoms with E-state index in [1.807, 2.05) is 0 Å². The van der Waals surface area contributed by atoms with E-state index < -0.39 is 244 Å². The maximum atomic E-state index is 15.3. The molecule has 0 unspecified atom stereocenters. The number of aldehydes is 1. The van der Waals surface area contributed by atoms with Gasteiger partial charge in [0.15, 0.2) is 43.7 Å². The Labute approximate surface area is 553 Å². The molecule has 4 saturated carbocycles. The van der Waals surface area contributed by atoms with Gasteiger partial charge in [0.05, 0.1) is 50.0 Å². The van der Waals surface area contributed by atoms with E-state index in [1.165, 1.54) is 12.5 Å². The Bertz CT molecular complexity index is 2760. The largest absolute Gasteiger partial charge is 0.479 e. The number of ether oxygens (including phenoxy) is 12. The molecule has 6 saturated heterocycles. The molecule has 11 rings (SSSR count). The van der Waals surface area contributed by atoms with Gasteiger partial charge in [-0.05, 0) is 110 Å². The van der Waals surface area contributed by atoms with Crippen LogP contribution in [0.3, 0.4) is 0 Å². The molecule has 6 heterocycles. The van der Waals surface area contributed by atoms with Crippen LogP contribution in [0.25, 0.3) is 0 Å². The van der Waals surface area contributed by atoms with E-state index >= 15 is 4.79 Å². The van der Waals surface area contributed by atoms with Crippen LogP contribution >= 0.6 is 0 Å². The summed E-state index contributed by atoms with van der Waals surface area (Å²) in [6.45, 7) is 11.5. The summed E-state index contributed by atoms with van der Waals surface area (Å²) in [6.07, 6.45) is -42.5. The topological polar surface area (TPSA) is 506 Å². The number of aliphatic hydroxyl groups excluding tert-OH is 16. The summed E-state index contributed by atoms with van der Waals surface area (Å²) < 4.78 is 71.4. The first-order valence-electron chi connectivity index (χ1n) is 33.6. The number of esters is 1. The standard InChI is InChI=1S/C64H100O32/c1-23-35(69)48(92-55-45(79)40(74)37(71)29(18-65)88-55)47(81)57(87-23)94-50-39(73)31(90-54-44(78)36(70)28(68)20-85-54)21-86-58(50)96-53(84)26-17-60(2,3)16-25-24(26)10-14-63(6)27(25)8-9-33-61(4)13-12-34(62(5,22-67)32(61)11-15-64(33,63)7)91-59-51(43(77)42(76)49(93-59)52(82)83)95-56-46(80)41(75)38(72)30(19-66)89-56/h8,22-26,28-51,54-59,65-66,68-81H,9-21H2,1-7H3,(H,82,83)/t23-,24-,25+,26+,28+,29+,30+,31+,32+,33+,34-,35-,36-,37+,38-,39+,40-,41-,42-,43-,44+,45+,46+,47+,48+,49-,50-,51+,54-,55-,56-,57-,58+,59+,61-,62-,63+,64+/m0/s1. The van der Waals surface area contributed by atoms with Crippen molar-refractivity contribution in [2.24, 2.45) is 56.7 Å². The van der Waals surface area contributed by atoms with E-state index in [4.69, 9.17) is 56.8 Å². The highest BCUT2D eigenvalue weighted by Crippen LogP contribution is 2.75. The van der Waals surface area contributed by atoms with E-state index in [1.54, 1.807) is 6.92 Å². The predicted octanol–water partition coefficient (Wildman–Crippen LogP) is -4.95. The van der Waals surface area contributed by atoms with Crippen molar-refractivity contribution in [3.05, 3.63) is 11.6 Å². The minimum absolute atomic E-state index is 0.00935. The van der Waals surface area contributed by atoms with Crippen LogP contribution < -0.4 is 0 Å². The number of carbonyl (C=O) groups excluding carboxylic acids is 2. The Morgan fingerprint density at radius 1 is 0.552 bits per heavy atom. The van der Waals surface area contributed by atoms with Gasteiger partial charge < -0.3 is 148 Å². The van der Waals surface area contributed by atoms with Crippen LogP contribution in [0.15, 0.2) is 11.6 Å². The summed E-state index contributed by atoms with van der Waals surface area (Å²) >= 11 is 0. The Hall–Kier alpha value is -2.73. The number of rotatable bonds is 16. The molecule has 17 N–H and O–H groups in total.